The lowest BCUT2D eigenvalue weighted by molar-refractivity contribution is 0.132. The van der Waals surface area contributed by atoms with Crippen molar-refractivity contribution in [3.05, 3.63) is 71.3 Å². The maximum absolute atomic E-state index is 10.4. The summed E-state index contributed by atoms with van der Waals surface area (Å²) in [7, 11) is 0. The Bertz CT molecular complexity index is 524. The quantitative estimate of drug-likeness (QED) is 0.862. The third-order valence-corrected chi connectivity index (χ3v) is 3.58. The summed E-state index contributed by atoms with van der Waals surface area (Å²) in [6.07, 6.45) is 0.309. The highest BCUT2D eigenvalue weighted by Gasteiger charge is 2.27. The molecule has 2 unspecified atom stereocenters. The zero-order valence-corrected chi connectivity index (χ0v) is 10.2. The number of rotatable bonds is 3. The van der Waals surface area contributed by atoms with Crippen LogP contribution in [0.15, 0.2) is 54.6 Å². The van der Waals surface area contributed by atoms with Crippen molar-refractivity contribution >= 4 is 0 Å². The predicted molar refractivity (Wildman–Crippen MR) is 72.2 cm³/mol. The second kappa shape index (κ2) is 4.92. The van der Waals surface area contributed by atoms with Gasteiger partial charge in [0.15, 0.2) is 0 Å². The molecule has 0 saturated carbocycles. The lowest BCUT2D eigenvalue weighted by Crippen LogP contribution is -2.28. The molecule has 2 atom stereocenters. The lowest BCUT2D eigenvalue weighted by Gasteiger charge is -2.19. The van der Waals surface area contributed by atoms with Crippen molar-refractivity contribution in [2.75, 3.05) is 0 Å². The molecule has 0 saturated heterocycles. The maximum atomic E-state index is 10.4. The minimum atomic E-state index is -0.379. The fourth-order valence-electron chi connectivity index (χ4n) is 2.65. The van der Waals surface area contributed by atoms with Crippen LogP contribution in [0.25, 0.3) is 0 Å². The summed E-state index contributed by atoms with van der Waals surface area (Å²) in [5.41, 5.74) is 3.71. The molecule has 2 N–H and O–H groups in total. The number of hydrogen-bond donors (Lipinski definition) is 2. The van der Waals surface area contributed by atoms with Crippen molar-refractivity contribution in [3.63, 3.8) is 0 Å². The van der Waals surface area contributed by atoms with Crippen molar-refractivity contribution in [1.29, 1.82) is 0 Å². The van der Waals surface area contributed by atoms with Crippen LogP contribution in [0.3, 0.4) is 0 Å². The van der Waals surface area contributed by atoms with E-state index in [0.717, 1.165) is 6.54 Å². The molecular formula is C16H17NO. The van der Waals surface area contributed by atoms with Gasteiger partial charge in [0.2, 0.25) is 0 Å². The third kappa shape index (κ3) is 2.17. The van der Waals surface area contributed by atoms with Crippen LogP contribution < -0.4 is 5.32 Å². The van der Waals surface area contributed by atoms with E-state index < -0.39 is 0 Å². The van der Waals surface area contributed by atoms with Gasteiger partial charge < -0.3 is 10.4 Å². The Balaban J connectivity index is 1.77. The van der Waals surface area contributed by atoms with E-state index in [2.05, 4.69) is 29.6 Å². The lowest BCUT2D eigenvalue weighted by atomic mass is 9.96. The van der Waals surface area contributed by atoms with Crippen molar-refractivity contribution in [1.82, 2.24) is 5.32 Å². The first kappa shape index (κ1) is 11.5. The average molecular weight is 239 g/mol. The van der Waals surface area contributed by atoms with E-state index in [9.17, 15) is 5.11 Å². The first-order valence-electron chi connectivity index (χ1n) is 6.38. The second-order valence-electron chi connectivity index (χ2n) is 4.81. The molecule has 2 nitrogen and oxygen atoms in total. The molecular weight excluding hydrogens is 222 g/mol. The van der Waals surface area contributed by atoms with E-state index in [4.69, 9.17) is 0 Å². The molecule has 0 bridgehead atoms. The average Bonchev–Trinajstić information content (AvgIpc) is 2.84. The highest BCUT2D eigenvalue weighted by Crippen LogP contribution is 2.28. The molecule has 2 aromatic carbocycles. The van der Waals surface area contributed by atoms with E-state index in [1.165, 1.54) is 16.7 Å². The van der Waals surface area contributed by atoms with E-state index in [-0.39, 0.29) is 12.1 Å². The van der Waals surface area contributed by atoms with Gasteiger partial charge in [0, 0.05) is 13.0 Å². The van der Waals surface area contributed by atoms with E-state index in [0.29, 0.717) is 6.42 Å². The highest BCUT2D eigenvalue weighted by molar-refractivity contribution is 5.35. The van der Waals surface area contributed by atoms with Crippen LogP contribution in [0.4, 0.5) is 0 Å². The van der Waals surface area contributed by atoms with Gasteiger partial charge in [0.25, 0.3) is 0 Å². The van der Waals surface area contributed by atoms with Gasteiger partial charge in [-0.25, -0.2) is 0 Å². The van der Waals surface area contributed by atoms with Gasteiger partial charge in [0.05, 0.1) is 12.1 Å². The normalized spacial score (nSPS) is 19.5. The summed E-state index contributed by atoms with van der Waals surface area (Å²) in [5, 5.41) is 13.8. The Kier molecular flexibility index (Phi) is 3.13. The Labute approximate surface area is 107 Å². The molecule has 1 heterocycles. The molecule has 0 amide bonds. The number of fused-ring (bicyclic) bond motifs is 1. The third-order valence-electron chi connectivity index (χ3n) is 3.58. The van der Waals surface area contributed by atoms with Crippen molar-refractivity contribution < 1.29 is 5.11 Å². The van der Waals surface area contributed by atoms with Crippen molar-refractivity contribution in [2.24, 2.45) is 0 Å². The maximum Gasteiger partial charge on any atom is 0.0775 e. The first-order valence-corrected chi connectivity index (χ1v) is 6.38. The minimum Gasteiger partial charge on any atom is -0.391 e. The van der Waals surface area contributed by atoms with Crippen LogP contribution in [-0.2, 0) is 13.0 Å². The topological polar surface area (TPSA) is 32.3 Å². The zero-order valence-electron chi connectivity index (χ0n) is 10.2. The molecule has 1 aliphatic rings. The summed E-state index contributed by atoms with van der Waals surface area (Å²) in [6.45, 7) is 0.854. The number of nitrogens with one attached hydrogen (secondary N) is 1. The van der Waals surface area contributed by atoms with Gasteiger partial charge in [-0.1, -0.05) is 54.6 Å². The second-order valence-corrected chi connectivity index (χ2v) is 4.81. The molecule has 1 aliphatic heterocycles. The van der Waals surface area contributed by atoms with Crippen LogP contribution in [0.5, 0.6) is 0 Å². The summed E-state index contributed by atoms with van der Waals surface area (Å²) < 4.78 is 0. The van der Waals surface area contributed by atoms with E-state index in [1.54, 1.807) is 0 Å². The molecule has 3 rings (SSSR count). The molecule has 0 radical (unpaired) electrons. The molecule has 0 fully saturated rings. The standard InChI is InChI=1S/C16H17NO/c18-15(10-12-6-2-1-3-7-12)16-14-9-5-4-8-13(14)11-17-16/h1-9,15-18H,10-11H2. The van der Waals surface area contributed by atoms with Crippen LogP contribution >= 0.6 is 0 Å². The Morgan fingerprint density at radius 1 is 1.06 bits per heavy atom. The molecule has 2 aromatic rings. The van der Waals surface area contributed by atoms with Gasteiger partial charge in [-0.15, -0.1) is 0 Å². The van der Waals surface area contributed by atoms with Gasteiger partial charge in [-0.05, 0) is 16.7 Å². The van der Waals surface area contributed by atoms with Gasteiger partial charge in [0.1, 0.15) is 0 Å². The Morgan fingerprint density at radius 2 is 1.78 bits per heavy atom. The Hall–Kier alpha value is -1.64. The van der Waals surface area contributed by atoms with Crippen LogP contribution in [0.1, 0.15) is 22.7 Å². The fourth-order valence-corrected chi connectivity index (χ4v) is 2.65. The largest absolute Gasteiger partial charge is 0.391 e. The zero-order chi connectivity index (χ0) is 12.4. The molecule has 0 aromatic heterocycles. The Morgan fingerprint density at radius 3 is 2.61 bits per heavy atom. The smallest absolute Gasteiger partial charge is 0.0775 e. The number of hydrogen-bond acceptors (Lipinski definition) is 2. The van der Waals surface area contributed by atoms with Crippen LogP contribution in [0, 0.1) is 0 Å². The highest BCUT2D eigenvalue weighted by atomic mass is 16.3. The first-order chi connectivity index (χ1) is 8.84. The summed E-state index contributed by atoms with van der Waals surface area (Å²) in [5.74, 6) is 0. The van der Waals surface area contributed by atoms with Crippen molar-refractivity contribution in [2.45, 2.75) is 25.1 Å². The van der Waals surface area contributed by atoms with E-state index >= 15 is 0 Å². The molecule has 0 spiro atoms. The van der Waals surface area contributed by atoms with Gasteiger partial charge in [-0.2, -0.15) is 0 Å². The molecule has 92 valence electrons. The summed E-state index contributed by atoms with van der Waals surface area (Å²) in [6, 6.07) is 18.5. The number of aliphatic hydroxyl groups is 1. The van der Waals surface area contributed by atoms with E-state index in [1.807, 2.05) is 30.3 Å². The monoisotopic (exact) mass is 239 g/mol. The predicted octanol–water partition coefficient (Wildman–Crippen LogP) is 2.43. The minimum absolute atomic E-state index is 0.0569. The molecule has 18 heavy (non-hydrogen) atoms. The van der Waals surface area contributed by atoms with Crippen LogP contribution in [-0.4, -0.2) is 11.2 Å². The number of benzene rings is 2. The SMILES string of the molecule is OC(Cc1ccccc1)C1NCc2ccccc21. The van der Waals surface area contributed by atoms with Gasteiger partial charge in [-0.3, -0.25) is 0 Å². The molecule has 0 aliphatic carbocycles. The van der Waals surface area contributed by atoms with Crippen LogP contribution in [0.2, 0.25) is 0 Å². The number of aliphatic hydroxyl groups excluding tert-OH is 1. The fraction of sp³-hybridized carbons (Fsp3) is 0.250. The summed E-state index contributed by atoms with van der Waals surface area (Å²) >= 11 is 0. The summed E-state index contributed by atoms with van der Waals surface area (Å²) in [4.78, 5) is 0. The van der Waals surface area contributed by atoms with Gasteiger partial charge >= 0.3 is 0 Å². The van der Waals surface area contributed by atoms with Crippen molar-refractivity contribution in [3.8, 4) is 0 Å². The molecule has 2 heteroatoms.